The van der Waals surface area contributed by atoms with Gasteiger partial charge >= 0.3 is 0 Å². The molecule has 0 radical (unpaired) electrons. The minimum absolute atomic E-state index is 0.126. The van der Waals surface area contributed by atoms with E-state index in [1.54, 1.807) is 15.9 Å². The van der Waals surface area contributed by atoms with Crippen molar-refractivity contribution in [3.8, 4) is 0 Å². The van der Waals surface area contributed by atoms with E-state index in [-0.39, 0.29) is 44.5 Å². The lowest BCUT2D eigenvalue weighted by Gasteiger charge is -2.39. The SMILES string of the molecule is Cc1cc(CC(O)CCc2ccccc2C(=O)N(CCO)C(C)(C)C)c(C(=O)N(CCO)C(C)(C)c2ccccc2)cc1C. The third kappa shape index (κ3) is 8.35. The quantitative estimate of drug-likeness (QED) is 0.242. The zero-order valence-electron chi connectivity index (χ0n) is 27.4. The van der Waals surface area contributed by atoms with Gasteiger partial charge in [0.1, 0.15) is 0 Å². The van der Waals surface area contributed by atoms with Crippen molar-refractivity contribution in [2.45, 2.75) is 84.9 Å². The molecule has 2 amide bonds. The van der Waals surface area contributed by atoms with Gasteiger partial charge in [-0.25, -0.2) is 0 Å². The second-order valence-electron chi connectivity index (χ2n) is 13.1. The smallest absolute Gasteiger partial charge is 0.254 e. The molecule has 3 aromatic rings. The Kier molecular flexibility index (Phi) is 11.9. The number of carbonyl (C=O) groups excluding carboxylic acids is 2. The topological polar surface area (TPSA) is 101 Å². The summed E-state index contributed by atoms with van der Waals surface area (Å²) in [5, 5.41) is 30.8. The van der Waals surface area contributed by atoms with E-state index in [1.807, 2.05) is 109 Å². The Morgan fingerprint density at radius 2 is 1.27 bits per heavy atom. The molecule has 0 aromatic heterocycles. The van der Waals surface area contributed by atoms with Gasteiger partial charge in [-0.05, 0) is 108 Å². The van der Waals surface area contributed by atoms with Crippen molar-refractivity contribution in [1.82, 2.24) is 9.80 Å². The first kappa shape index (κ1) is 35.0. The summed E-state index contributed by atoms with van der Waals surface area (Å²) in [4.78, 5) is 31.1. The normalized spacial score (nSPS) is 12.6. The first-order valence-corrected chi connectivity index (χ1v) is 15.5. The number of aryl methyl sites for hydroxylation is 3. The number of aliphatic hydroxyl groups is 3. The highest BCUT2D eigenvalue weighted by Gasteiger charge is 2.34. The van der Waals surface area contributed by atoms with E-state index in [4.69, 9.17) is 0 Å². The Morgan fingerprint density at radius 3 is 1.89 bits per heavy atom. The van der Waals surface area contributed by atoms with Crippen molar-refractivity contribution in [3.05, 3.63) is 106 Å². The van der Waals surface area contributed by atoms with E-state index in [0.29, 0.717) is 24.0 Å². The van der Waals surface area contributed by atoms with Gasteiger partial charge in [-0.1, -0.05) is 54.6 Å². The van der Waals surface area contributed by atoms with Crippen molar-refractivity contribution in [1.29, 1.82) is 0 Å². The number of hydrogen-bond donors (Lipinski definition) is 3. The minimum atomic E-state index is -0.753. The predicted molar refractivity (Wildman–Crippen MR) is 176 cm³/mol. The second kappa shape index (κ2) is 15.0. The fourth-order valence-electron chi connectivity index (χ4n) is 5.74. The molecule has 0 aliphatic carbocycles. The Bertz CT molecular complexity index is 1410. The van der Waals surface area contributed by atoms with E-state index in [9.17, 15) is 24.9 Å². The molecule has 3 N–H and O–H groups in total. The van der Waals surface area contributed by atoms with E-state index < -0.39 is 17.2 Å². The van der Waals surface area contributed by atoms with Crippen LogP contribution in [0.5, 0.6) is 0 Å². The summed E-state index contributed by atoms with van der Waals surface area (Å²) in [6, 6.07) is 21.1. The molecule has 1 unspecified atom stereocenters. The van der Waals surface area contributed by atoms with Crippen LogP contribution in [0.1, 0.15) is 89.6 Å². The van der Waals surface area contributed by atoms with Gasteiger partial charge in [-0.15, -0.1) is 0 Å². The maximum absolute atomic E-state index is 14.2. The summed E-state index contributed by atoms with van der Waals surface area (Å²) < 4.78 is 0. The Balaban J connectivity index is 1.87. The zero-order chi connectivity index (χ0) is 32.7. The monoisotopic (exact) mass is 602 g/mol. The van der Waals surface area contributed by atoms with Crippen molar-refractivity contribution >= 4 is 11.8 Å². The number of rotatable bonds is 13. The molecular formula is C37H50N2O5. The molecule has 0 heterocycles. The third-order valence-electron chi connectivity index (χ3n) is 8.50. The van der Waals surface area contributed by atoms with Crippen molar-refractivity contribution in [2.24, 2.45) is 0 Å². The molecule has 0 bridgehead atoms. The summed E-state index contributed by atoms with van der Waals surface area (Å²) in [5.74, 6) is -0.344. The fraction of sp³-hybridized carbons (Fsp3) is 0.459. The van der Waals surface area contributed by atoms with Crippen LogP contribution in [0.4, 0.5) is 0 Å². The average Bonchev–Trinajstić information content (AvgIpc) is 2.98. The van der Waals surface area contributed by atoms with Crippen molar-refractivity contribution in [3.63, 3.8) is 0 Å². The molecule has 0 saturated heterocycles. The molecule has 0 spiro atoms. The molecule has 3 aromatic carbocycles. The van der Waals surface area contributed by atoms with Crippen LogP contribution in [0, 0.1) is 13.8 Å². The highest BCUT2D eigenvalue weighted by atomic mass is 16.3. The van der Waals surface area contributed by atoms with Crippen LogP contribution >= 0.6 is 0 Å². The Labute approximate surface area is 263 Å². The molecule has 44 heavy (non-hydrogen) atoms. The predicted octanol–water partition coefficient (Wildman–Crippen LogP) is 5.44. The van der Waals surface area contributed by atoms with Gasteiger partial charge < -0.3 is 25.1 Å². The number of β-amino-alcohol motifs (C(OH)–C–C–N with tert-alkyl or cyclic N) is 1. The molecule has 3 rings (SSSR count). The molecular weight excluding hydrogens is 552 g/mol. The standard InChI is InChI=1S/C37H50N2O5/c1-26-23-29(33(24-27(26)2)35(44)39(20-22-41)37(6,7)30-14-9-8-10-15-30)25-31(42)18-17-28-13-11-12-16-32(28)34(43)38(19-21-40)36(3,4)5/h8-16,23-24,31,40-42H,17-22,25H2,1-7H3. The first-order chi connectivity index (χ1) is 20.7. The number of aliphatic hydroxyl groups excluding tert-OH is 3. The Hall–Kier alpha value is -3.52. The summed E-state index contributed by atoms with van der Waals surface area (Å²) in [5.41, 5.74) is 4.50. The van der Waals surface area contributed by atoms with Crippen LogP contribution < -0.4 is 0 Å². The number of carbonyl (C=O) groups is 2. The van der Waals surface area contributed by atoms with Gasteiger partial charge in [0.2, 0.25) is 0 Å². The number of nitrogens with zero attached hydrogens (tertiary/aromatic N) is 2. The highest BCUT2D eigenvalue weighted by Crippen LogP contribution is 2.31. The van der Waals surface area contributed by atoms with Gasteiger partial charge in [0.25, 0.3) is 11.8 Å². The van der Waals surface area contributed by atoms with Crippen molar-refractivity contribution < 1.29 is 24.9 Å². The lowest BCUT2D eigenvalue weighted by atomic mass is 9.89. The summed E-state index contributed by atoms with van der Waals surface area (Å²) in [6.45, 7) is 13.8. The lowest BCUT2D eigenvalue weighted by molar-refractivity contribution is 0.0477. The molecule has 0 saturated carbocycles. The summed E-state index contributed by atoms with van der Waals surface area (Å²) >= 11 is 0. The van der Waals surface area contributed by atoms with Gasteiger partial charge in [0, 0.05) is 29.8 Å². The molecule has 7 heteroatoms. The number of amides is 2. The molecule has 1 atom stereocenters. The molecule has 0 aliphatic rings. The molecule has 7 nitrogen and oxygen atoms in total. The molecule has 0 aliphatic heterocycles. The Morgan fingerprint density at radius 1 is 0.727 bits per heavy atom. The van der Waals surface area contributed by atoms with Crippen LogP contribution in [0.2, 0.25) is 0 Å². The maximum Gasteiger partial charge on any atom is 0.254 e. The van der Waals surface area contributed by atoms with E-state index in [0.717, 1.165) is 27.8 Å². The van der Waals surface area contributed by atoms with Crippen LogP contribution in [0.15, 0.2) is 66.7 Å². The van der Waals surface area contributed by atoms with E-state index in [1.165, 1.54) is 0 Å². The van der Waals surface area contributed by atoms with E-state index in [2.05, 4.69) is 0 Å². The van der Waals surface area contributed by atoms with Gasteiger partial charge in [0.15, 0.2) is 0 Å². The minimum Gasteiger partial charge on any atom is -0.395 e. The average molecular weight is 603 g/mol. The first-order valence-electron chi connectivity index (χ1n) is 15.5. The third-order valence-corrected chi connectivity index (χ3v) is 8.50. The van der Waals surface area contributed by atoms with Crippen molar-refractivity contribution in [2.75, 3.05) is 26.3 Å². The largest absolute Gasteiger partial charge is 0.395 e. The van der Waals surface area contributed by atoms with Crippen LogP contribution in [-0.4, -0.2) is 74.9 Å². The van der Waals surface area contributed by atoms with Gasteiger partial charge in [0.05, 0.1) is 24.9 Å². The van der Waals surface area contributed by atoms with Gasteiger partial charge in [-0.3, -0.25) is 9.59 Å². The second-order valence-corrected chi connectivity index (χ2v) is 13.1. The van der Waals surface area contributed by atoms with E-state index >= 15 is 0 Å². The number of benzene rings is 3. The molecule has 0 fully saturated rings. The lowest BCUT2D eigenvalue weighted by Crippen LogP contribution is -2.47. The van der Waals surface area contributed by atoms with Gasteiger partial charge in [-0.2, -0.15) is 0 Å². The highest BCUT2D eigenvalue weighted by molar-refractivity contribution is 5.97. The van der Waals surface area contributed by atoms with Crippen LogP contribution in [-0.2, 0) is 18.4 Å². The van der Waals surface area contributed by atoms with Crippen LogP contribution in [0.3, 0.4) is 0 Å². The van der Waals surface area contributed by atoms with Crippen LogP contribution in [0.25, 0.3) is 0 Å². The summed E-state index contributed by atoms with van der Waals surface area (Å²) in [6.07, 6.45) is 0.397. The molecule has 238 valence electrons. The number of hydrogen-bond acceptors (Lipinski definition) is 5. The fourth-order valence-corrected chi connectivity index (χ4v) is 5.74. The zero-order valence-corrected chi connectivity index (χ0v) is 27.4. The maximum atomic E-state index is 14.2. The summed E-state index contributed by atoms with van der Waals surface area (Å²) in [7, 11) is 0.